The lowest BCUT2D eigenvalue weighted by Gasteiger charge is -2.26. The summed E-state index contributed by atoms with van der Waals surface area (Å²) < 4.78 is 5.41. The number of anilines is 1. The first kappa shape index (κ1) is 21.6. The van der Waals surface area contributed by atoms with Gasteiger partial charge in [-0.3, -0.25) is 14.7 Å². The molecule has 1 aliphatic rings. The maximum Gasteiger partial charge on any atom is 0.255 e. The number of hydrogen-bond donors (Lipinski definition) is 1. The number of fused-ring (bicyclic) bond motifs is 1. The zero-order valence-electron chi connectivity index (χ0n) is 18.1. The highest BCUT2D eigenvalue weighted by molar-refractivity contribution is 6.30. The third-order valence-corrected chi connectivity index (χ3v) is 6.07. The molecule has 0 saturated carbocycles. The molecular formula is C27H24ClN3O2. The smallest absolute Gasteiger partial charge is 0.255 e. The van der Waals surface area contributed by atoms with Crippen LogP contribution in [-0.2, 0) is 11.3 Å². The maximum absolute atomic E-state index is 12.8. The van der Waals surface area contributed by atoms with Crippen LogP contribution in [0, 0.1) is 0 Å². The zero-order valence-corrected chi connectivity index (χ0v) is 18.9. The van der Waals surface area contributed by atoms with Gasteiger partial charge in [0.25, 0.3) is 5.91 Å². The Morgan fingerprint density at radius 1 is 0.909 bits per heavy atom. The first-order valence-corrected chi connectivity index (χ1v) is 11.4. The van der Waals surface area contributed by atoms with Crippen LogP contribution < -0.4 is 5.32 Å². The van der Waals surface area contributed by atoms with Gasteiger partial charge in [0, 0.05) is 41.3 Å². The topological polar surface area (TPSA) is 54.5 Å². The lowest BCUT2D eigenvalue weighted by atomic mass is 10.0. The molecule has 1 fully saturated rings. The molecule has 5 nitrogen and oxygen atoms in total. The molecule has 1 aromatic heterocycles. The van der Waals surface area contributed by atoms with Crippen LogP contribution in [0.5, 0.6) is 0 Å². The van der Waals surface area contributed by atoms with E-state index in [1.165, 1.54) is 0 Å². The molecule has 3 aromatic carbocycles. The normalized spacial score (nSPS) is 14.3. The Kier molecular flexibility index (Phi) is 6.35. The quantitative estimate of drug-likeness (QED) is 0.421. The van der Waals surface area contributed by atoms with E-state index in [0.29, 0.717) is 10.6 Å². The van der Waals surface area contributed by atoms with Crippen molar-refractivity contribution in [1.29, 1.82) is 0 Å². The second-order valence-corrected chi connectivity index (χ2v) is 8.57. The van der Waals surface area contributed by atoms with Gasteiger partial charge in [0.1, 0.15) is 0 Å². The maximum atomic E-state index is 12.8. The van der Waals surface area contributed by atoms with Crippen LogP contribution in [0.3, 0.4) is 0 Å². The molecule has 5 rings (SSSR count). The number of ether oxygens (including phenoxy) is 1. The van der Waals surface area contributed by atoms with Crippen LogP contribution >= 0.6 is 11.6 Å². The van der Waals surface area contributed by atoms with Gasteiger partial charge in [-0.25, -0.2) is 0 Å². The van der Waals surface area contributed by atoms with E-state index in [1.54, 1.807) is 0 Å². The van der Waals surface area contributed by atoms with Crippen molar-refractivity contribution in [1.82, 2.24) is 9.88 Å². The van der Waals surface area contributed by atoms with Crippen molar-refractivity contribution >= 4 is 34.1 Å². The first-order valence-electron chi connectivity index (χ1n) is 11.0. The van der Waals surface area contributed by atoms with Gasteiger partial charge in [0.05, 0.1) is 24.4 Å². The number of nitrogens with zero attached hydrogens (tertiary/aromatic N) is 2. The van der Waals surface area contributed by atoms with Crippen LogP contribution in [-0.4, -0.2) is 42.1 Å². The minimum Gasteiger partial charge on any atom is -0.379 e. The zero-order chi connectivity index (χ0) is 22.6. The fourth-order valence-electron chi connectivity index (χ4n) is 3.98. The molecule has 0 aliphatic carbocycles. The lowest BCUT2D eigenvalue weighted by molar-refractivity contribution is 0.0337. The average molecular weight is 458 g/mol. The molecule has 0 spiro atoms. The molecule has 6 heteroatoms. The molecule has 1 N–H and O–H groups in total. The van der Waals surface area contributed by atoms with E-state index in [1.807, 2.05) is 66.7 Å². The van der Waals surface area contributed by atoms with E-state index in [4.69, 9.17) is 21.3 Å². The van der Waals surface area contributed by atoms with Crippen LogP contribution in [0.15, 0.2) is 78.9 Å². The number of halogens is 1. The highest BCUT2D eigenvalue weighted by atomic mass is 35.5. The van der Waals surface area contributed by atoms with Gasteiger partial charge >= 0.3 is 0 Å². The second-order valence-electron chi connectivity index (χ2n) is 8.14. The predicted octanol–water partition coefficient (Wildman–Crippen LogP) is 5.64. The van der Waals surface area contributed by atoms with Crippen LogP contribution in [0.25, 0.3) is 22.0 Å². The number of hydrogen-bond acceptors (Lipinski definition) is 4. The number of carbonyl (C=O) groups excluding carboxylic acids is 1. The summed E-state index contributed by atoms with van der Waals surface area (Å²) in [5.41, 5.74) is 5.41. The lowest BCUT2D eigenvalue weighted by Crippen LogP contribution is -2.35. The summed E-state index contributed by atoms with van der Waals surface area (Å²) in [6.07, 6.45) is 0. The fourth-order valence-corrected chi connectivity index (χ4v) is 4.11. The summed E-state index contributed by atoms with van der Waals surface area (Å²) in [5.74, 6) is -0.145. The summed E-state index contributed by atoms with van der Waals surface area (Å²) in [6, 6.07) is 25.1. The summed E-state index contributed by atoms with van der Waals surface area (Å²) in [6.45, 7) is 4.25. The first-order chi connectivity index (χ1) is 16.1. The molecule has 0 radical (unpaired) electrons. The standard InChI is InChI=1S/C27H24ClN3O2/c28-23-8-5-20(6-9-23)19-1-3-21(4-2-19)27(32)30-24-11-12-26-22(17-24)7-10-25(29-26)18-31-13-15-33-16-14-31/h1-12,17H,13-16,18H2,(H,30,32). The van der Waals surface area contributed by atoms with Crippen molar-refractivity contribution in [3.63, 3.8) is 0 Å². The second kappa shape index (κ2) is 9.71. The highest BCUT2D eigenvalue weighted by Crippen LogP contribution is 2.23. The molecule has 4 aromatic rings. The minimum atomic E-state index is -0.145. The van der Waals surface area contributed by atoms with Crippen molar-refractivity contribution in [3.8, 4) is 11.1 Å². The third kappa shape index (κ3) is 5.22. The largest absolute Gasteiger partial charge is 0.379 e. The summed E-state index contributed by atoms with van der Waals surface area (Å²) in [5, 5.41) is 4.69. The van der Waals surface area contributed by atoms with Gasteiger partial charge in [-0.05, 0) is 59.7 Å². The Morgan fingerprint density at radius 3 is 2.33 bits per heavy atom. The Labute approximate surface area is 198 Å². The van der Waals surface area contributed by atoms with Crippen molar-refractivity contribution in [2.24, 2.45) is 0 Å². The van der Waals surface area contributed by atoms with E-state index in [2.05, 4.69) is 22.3 Å². The Hall–Kier alpha value is -3.25. The molecule has 0 atom stereocenters. The average Bonchev–Trinajstić information content (AvgIpc) is 2.85. The Balaban J connectivity index is 1.26. The highest BCUT2D eigenvalue weighted by Gasteiger charge is 2.12. The van der Waals surface area contributed by atoms with Crippen LogP contribution in [0.2, 0.25) is 5.02 Å². The number of amides is 1. The van der Waals surface area contributed by atoms with Gasteiger partial charge in [0.2, 0.25) is 0 Å². The minimum absolute atomic E-state index is 0.145. The number of aromatic nitrogens is 1. The third-order valence-electron chi connectivity index (χ3n) is 5.82. The number of benzene rings is 3. The molecule has 1 saturated heterocycles. The molecule has 1 aliphatic heterocycles. The number of nitrogens with one attached hydrogen (secondary N) is 1. The van der Waals surface area contributed by atoms with Gasteiger partial charge in [-0.2, -0.15) is 0 Å². The monoisotopic (exact) mass is 457 g/mol. The van der Waals surface area contributed by atoms with Gasteiger partial charge in [-0.1, -0.05) is 41.9 Å². The molecule has 0 bridgehead atoms. The molecule has 1 amide bonds. The Bertz CT molecular complexity index is 1270. The summed E-state index contributed by atoms with van der Waals surface area (Å²) in [4.78, 5) is 19.9. The van der Waals surface area contributed by atoms with Crippen molar-refractivity contribution in [2.45, 2.75) is 6.54 Å². The summed E-state index contributed by atoms with van der Waals surface area (Å²) >= 11 is 5.96. The summed E-state index contributed by atoms with van der Waals surface area (Å²) in [7, 11) is 0. The number of carbonyl (C=O) groups is 1. The van der Waals surface area contributed by atoms with E-state index in [0.717, 1.165) is 66.3 Å². The molecule has 33 heavy (non-hydrogen) atoms. The van der Waals surface area contributed by atoms with Crippen molar-refractivity contribution in [3.05, 3.63) is 95.1 Å². The van der Waals surface area contributed by atoms with Gasteiger partial charge in [0.15, 0.2) is 0 Å². The van der Waals surface area contributed by atoms with Gasteiger partial charge in [-0.15, -0.1) is 0 Å². The van der Waals surface area contributed by atoms with Gasteiger partial charge < -0.3 is 10.1 Å². The molecule has 166 valence electrons. The predicted molar refractivity (Wildman–Crippen MR) is 133 cm³/mol. The fraction of sp³-hybridized carbons (Fsp3) is 0.185. The van der Waals surface area contributed by atoms with Crippen LogP contribution in [0.1, 0.15) is 16.1 Å². The molecular weight excluding hydrogens is 434 g/mol. The number of pyridine rings is 1. The molecule has 0 unspecified atom stereocenters. The van der Waals surface area contributed by atoms with E-state index >= 15 is 0 Å². The van der Waals surface area contributed by atoms with Crippen molar-refractivity contribution < 1.29 is 9.53 Å². The van der Waals surface area contributed by atoms with E-state index in [9.17, 15) is 4.79 Å². The SMILES string of the molecule is O=C(Nc1ccc2nc(CN3CCOCC3)ccc2c1)c1ccc(-c2ccc(Cl)cc2)cc1. The number of morpholine rings is 1. The van der Waals surface area contributed by atoms with E-state index < -0.39 is 0 Å². The molecule has 2 heterocycles. The van der Waals surface area contributed by atoms with Crippen LogP contribution in [0.4, 0.5) is 5.69 Å². The Morgan fingerprint density at radius 2 is 1.61 bits per heavy atom. The van der Waals surface area contributed by atoms with E-state index in [-0.39, 0.29) is 5.91 Å². The van der Waals surface area contributed by atoms with Crippen molar-refractivity contribution in [2.75, 3.05) is 31.6 Å². The number of rotatable bonds is 5.